The molecule has 0 saturated carbocycles. The smallest absolute Gasteiger partial charge is 0.303 e. The average Bonchev–Trinajstić information content (AvgIpc) is 2.42. The van der Waals surface area contributed by atoms with Crippen molar-refractivity contribution >= 4 is 23.8 Å². The minimum absolute atomic E-state index is 0.0793. The molecule has 0 aliphatic carbocycles. The van der Waals surface area contributed by atoms with Crippen molar-refractivity contribution in [2.75, 3.05) is 19.7 Å². The second-order valence-corrected chi connectivity index (χ2v) is 5.75. The van der Waals surface area contributed by atoms with Gasteiger partial charge in [0.25, 0.3) is 5.91 Å². The van der Waals surface area contributed by atoms with Crippen LogP contribution in [-0.4, -0.2) is 49.6 Å². The van der Waals surface area contributed by atoms with Crippen molar-refractivity contribution in [3.63, 3.8) is 0 Å². The van der Waals surface area contributed by atoms with Crippen LogP contribution in [0.4, 0.5) is 0 Å². The topological polar surface area (TPSA) is 111 Å². The molecular formula is C15H26N2O6. The standard InChI is InChI=1S/C15H26N2O6/c1-6-16-12(20)7-8-17-14(21)13(23-11(3)19)15(4,5)9-22-10(2)18/h13H,6-9H2,1-5H3,(H,16,20)(H,17,21). The van der Waals surface area contributed by atoms with E-state index in [1.807, 2.05) is 0 Å². The molecule has 0 heterocycles. The molecule has 0 aliphatic rings. The Hall–Kier alpha value is -2.12. The molecule has 2 amide bonds. The number of hydrogen-bond acceptors (Lipinski definition) is 6. The maximum atomic E-state index is 12.2. The summed E-state index contributed by atoms with van der Waals surface area (Å²) in [4.78, 5) is 45.8. The SMILES string of the molecule is CCNC(=O)CCNC(=O)C(OC(C)=O)C(C)(C)COC(C)=O. The van der Waals surface area contributed by atoms with E-state index in [0.29, 0.717) is 6.54 Å². The van der Waals surface area contributed by atoms with Gasteiger partial charge in [-0.15, -0.1) is 0 Å². The Labute approximate surface area is 136 Å². The molecule has 0 aromatic rings. The van der Waals surface area contributed by atoms with Crippen LogP contribution >= 0.6 is 0 Å². The lowest BCUT2D eigenvalue weighted by Gasteiger charge is -2.31. The Morgan fingerprint density at radius 1 is 1.04 bits per heavy atom. The van der Waals surface area contributed by atoms with Crippen LogP contribution in [0.2, 0.25) is 0 Å². The first-order valence-electron chi connectivity index (χ1n) is 7.45. The van der Waals surface area contributed by atoms with Gasteiger partial charge in [0.15, 0.2) is 6.10 Å². The molecule has 0 saturated heterocycles. The van der Waals surface area contributed by atoms with Crippen LogP contribution in [0.15, 0.2) is 0 Å². The molecule has 1 unspecified atom stereocenters. The van der Waals surface area contributed by atoms with Crippen LogP contribution in [0, 0.1) is 5.41 Å². The fraction of sp³-hybridized carbons (Fsp3) is 0.733. The van der Waals surface area contributed by atoms with Crippen LogP contribution in [-0.2, 0) is 28.7 Å². The van der Waals surface area contributed by atoms with E-state index < -0.39 is 29.4 Å². The molecule has 0 fully saturated rings. The summed E-state index contributed by atoms with van der Waals surface area (Å²) in [6, 6.07) is 0. The highest BCUT2D eigenvalue weighted by Crippen LogP contribution is 2.24. The summed E-state index contributed by atoms with van der Waals surface area (Å²) in [5.74, 6) is -1.83. The van der Waals surface area contributed by atoms with E-state index in [1.54, 1.807) is 20.8 Å². The predicted octanol–water partition coefficient (Wildman–Crippen LogP) is 0.150. The number of carbonyl (C=O) groups excluding carboxylic acids is 4. The molecule has 0 aromatic heterocycles. The Morgan fingerprint density at radius 2 is 1.65 bits per heavy atom. The molecule has 8 heteroatoms. The Morgan fingerprint density at radius 3 is 2.13 bits per heavy atom. The lowest BCUT2D eigenvalue weighted by Crippen LogP contribution is -2.49. The third-order valence-electron chi connectivity index (χ3n) is 2.90. The largest absolute Gasteiger partial charge is 0.465 e. The van der Waals surface area contributed by atoms with E-state index in [0.717, 1.165) is 0 Å². The van der Waals surface area contributed by atoms with E-state index >= 15 is 0 Å². The zero-order valence-electron chi connectivity index (χ0n) is 14.4. The number of ether oxygens (including phenoxy) is 2. The second kappa shape index (κ2) is 9.81. The van der Waals surface area contributed by atoms with Gasteiger partial charge in [-0.3, -0.25) is 19.2 Å². The summed E-state index contributed by atoms with van der Waals surface area (Å²) >= 11 is 0. The molecule has 0 spiro atoms. The summed E-state index contributed by atoms with van der Waals surface area (Å²) in [6.07, 6.45) is -1.01. The van der Waals surface area contributed by atoms with Crippen LogP contribution in [0.5, 0.6) is 0 Å². The number of nitrogens with one attached hydrogen (secondary N) is 2. The number of carbonyl (C=O) groups is 4. The highest BCUT2D eigenvalue weighted by Gasteiger charge is 2.39. The van der Waals surface area contributed by atoms with E-state index in [4.69, 9.17) is 9.47 Å². The van der Waals surface area contributed by atoms with Crippen molar-refractivity contribution in [2.24, 2.45) is 5.41 Å². The second-order valence-electron chi connectivity index (χ2n) is 5.75. The fourth-order valence-corrected chi connectivity index (χ4v) is 1.77. The molecule has 1 atom stereocenters. The van der Waals surface area contributed by atoms with Gasteiger partial charge in [-0.05, 0) is 6.92 Å². The summed E-state index contributed by atoms with van der Waals surface area (Å²) in [5.41, 5.74) is -0.910. The quantitative estimate of drug-likeness (QED) is 0.582. The van der Waals surface area contributed by atoms with E-state index in [-0.39, 0.29) is 25.5 Å². The highest BCUT2D eigenvalue weighted by atomic mass is 16.6. The van der Waals surface area contributed by atoms with Crippen molar-refractivity contribution in [1.82, 2.24) is 10.6 Å². The summed E-state index contributed by atoms with van der Waals surface area (Å²) < 4.78 is 9.99. The van der Waals surface area contributed by atoms with Crippen LogP contribution in [0.1, 0.15) is 41.0 Å². The van der Waals surface area contributed by atoms with Crippen molar-refractivity contribution < 1.29 is 28.7 Å². The van der Waals surface area contributed by atoms with Gasteiger partial charge in [-0.25, -0.2) is 0 Å². The van der Waals surface area contributed by atoms with Crippen LogP contribution in [0.25, 0.3) is 0 Å². The molecule has 0 aliphatic heterocycles. The number of amides is 2. The first kappa shape index (κ1) is 20.9. The Kier molecular flexibility index (Phi) is 8.90. The fourth-order valence-electron chi connectivity index (χ4n) is 1.77. The van der Waals surface area contributed by atoms with Gasteiger partial charge in [0.1, 0.15) is 6.61 Å². The van der Waals surface area contributed by atoms with Gasteiger partial charge in [-0.2, -0.15) is 0 Å². The van der Waals surface area contributed by atoms with Gasteiger partial charge < -0.3 is 20.1 Å². The monoisotopic (exact) mass is 330 g/mol. The molecule has 8 nitrogen and oxygen atoms in total. The molecule has 2 N–H and O–H groups in total. The van der Waals surface area contributed by atoms with Gasteiger partial charge in [-0.1, -0.05) is 13.8 Å². The average molecular weight is 330 g/mol. The summed E-state index contributed by atoms with van der Waals surface area (Å²) in [6.45, 7) is 8.08. The highest BCUT2D eigenvalue weighted by molar-refractivity contribution is 5.85. The lowest BCUT2D eigenvalue weighted by molar-refractivity contribution is -0.166. The first-order chi connectivity index (χ1) is 10.6. The number of hydrogen-bond donors (Lipinski definition) is 2. The van der Waals surface area contributed by atoms with Crippen LogP contribution < -0.4 is 10.6 Å². The van der Waals surface area contributed by atoms with Gasteiger partial charge in [0.05, 0.1) is 0 Å². The first-order valence-corrected chi connectivity index (χ1v) is 7.45. The van der Waals surface area contributed by atoms with Crippen LogP contribution in [0.3, 0.4) is 0 Å². The molecule has 132 valence electrons. The summed E-state index contributed by atoms with van der Waals surface area (Å²) in [7, 11) is 0. The minimum atomic E-state index is -1.13. The number of esters is 2. The van der Waals surface area contributed by atoms with Crippen molar-refractivity contribution in [1.29, 1.82) is 0 Å². The molecule has 0 bridgehead atoms. The normalized spacial score (nSPS) is 12.0. The van der Waals surface area contributed by atoms with Crippen molar-refractivity contribution in [3.05, 3.63) is 0 Å². The predicted molar refractivity (Wildman–Crippen MR) is 82.3 cm³/mol. The van der Waals surface area contributed by atoms with Crippen molar-refractivity contribution in [2.45, 2.75) is 47.1 Å². The lowest BCUT2D eigenvalue weighted by atomic mass is 9.86. The summed E-state index contributed by atoms with van der Waals surface area (Å²) in [5, 5.41) is 5.16. The maximum Gasteiger partial charge on any atom is 0.303 e. The minimum Gasteiger partial charge on any atom is -0.465 e. The third-order valence-corrected chi connectivity index (χ3v) is 2.90. The van der Waals surface area contributed by atoms with Gasteiger partial charge in [0, 0.05) is 38.8 Å². The Balaban J connectivity index is 4.74. The maximum absolute atomic E-state index is 12.2. The van der Waals surface area contributed by atoms with Crippen molar-refractivity contribution in [3.8, 4) is 0 Å². The van der Waals surface area contributed by atoms with Gasteiger partial charge in [0.2, 0.25) is 5.91 Å². The van der Waals surface area contributed by atoms with Gasteiger partial charge >= 0.3 is 11.9 Å². The molecular weight excluding hydrogens is 304 g/mol. The van der Waals surface area contributed by atoms with E-state index in [1.165, 1.54) is 13.8 Å². The molecule has 0 aromatic carbocycles. The molecule has 0 radical (unpaired) electrons. The zero-order chi connectivity index (χ0) is 18.0. The molecule has 23 heavy (non-hydrogen) atoms. The van der Waals surface area contributed by atoms with E-state index in [2.05, 4.69) is 10.6 Å². The van der Waals surface area contributed by atoms with E-state index in [9.17, 15) is 19.2 Å². The Bertz CT molecular complexity index is 447. The zero-order valence-corrected chi connectivity index (χ0v) is 14.4. The number of rotatable bonds is 9. The molecule has 0 rings (SSSR count). The third kappa shape index (κ3) is 8.80.